The monoisotopic (exact) mass is 641 g/mol. The predicted octanol–water partition coefficient (Wildman–Crippen LogP) is -3.35. The van der Waals surface area contributed by atoms with E-state index in [0.717, 1.165) is 22.7 Å². The first-order valence-electron chi connectivity index (χ1n) is 13.5. The summed E-state index contributed by atoms with van der Waals surface area (Å²) in [6, 6.07) is -6.26. The number of aliphatic hydroxyl groups is 2. The number of nitrogens with one attached hydrogen (secondary N) is 3. The van der Waals surface area contributed by atoms with Crippen LogP contribution >= 0.6 is 11.8 Å². The normalized spacial score (nSPS) is 24.0. The molecule has 1 aromatic carbocycles. The van der Waals surface area contributed by atoms with Crippen LogP contribution in [0.25, 0.3) is 0 Å². The van der Waals surface area contributed by atoms with Crippen LogP contribution in [0.2, 0.25) is 0 Å². The molecule has 4 amide bonds. The highest BCUT2D eigenvalue weighted by atomic mass is 32.2. The maximum absolute atomic E-state index is 13.4. The lowest BCUT2D eigenvalue weighted by atomic mass is 10.0. The van der Waals surface area contributed by atoms with Crippen LogP contribution in [0.4, 0.5) is 0 Å². The molecule has 44 heavy (non-hydrogen) atoms. The Hall–Kier alpha value is -4.13. The fourth-order valence-corrected chi connectivity index (χ4v) is 5.73. The average Bonchev–Trinajstić information content (AvgIpc) is 3.36. The van der Waals surface area contributed by atoms with Gasteiger partial charge in [-0.25, -0.2) is 4.79 Å². The van der Waals surface area contributed by atoms with Gasteiger partial charge in [0, 0.05) is 35.2 Å². The van der Waals surface area contributed by atoms with E-state index in [0.29, 0.717) is 0 Å². The Morgan fingerprint density at radius 3 is 2.52 bits per heavy atom. The summed E-state index contributed by atoms with van der Waals surface area (Å²) in [7, 11) is 0. The van der Waals surface area contributed by atoms with E-state index in [4.69, 9.17) is 10.5 Å². The SMILES string of the molecule is Cc1c(O)cc(O)c2c1C(=O)OC[C@H](NC(=O)[C@@H]1[C@@H](O)CCN1C(=O)[C@@H](N)CO)C(=O)N[C@@H](C(=O)N[C@@H](C)C(=O)O)CSC2. The summed E-state index contributed by atoms with van der Waals surface area (Å²) < 4.78 is 5.31. The fraction of sp³-hybridized carbons (Fsp3) is 0.538. The number of carbonyl (C=O) groups is 6. The lowest BCUT2D eigenvalue weighted by molar-refractivity contribution is -0.143. The van der Waals surface area contributed by atoms with Crippen LogP contribution in [0.1, 0.15) is 34.8 Å². The number of aliphatic hydroxyl groups excluding tert-OH is 2. The van der Waals surface area contributed by atoms with Crippen molar-refractivity contribution in [1.29, 1.82) is 0 Å². The smallest absolute Gasteiger partial charge is 0.339 e. The molecule has 242 valence electrons. The van der Waals surface area contributed by atoms with Gasteiger partial charge in [0.05, 0.1) is 18.3 Å². The molecule has 0 aromatic heterocycles. The van der Waals surface area contributed by atoms with E-state index in [1.54, 1.807) is 0 Å². The number of nitrogens with two attached hydrogens (primary N) is 1. The number of fused-ring (bicyclic) bond motifs is 1. The Balaban J connectivity index is 1.96. The molecule has 2 heterocycles. The largest absolute Gasteiger partial charge is 0.508 e. The third-order valence-electron chi connectivity index (χ3n) is 7.19. The zero-order chi connectivity index (χ0) is 32.9. The summed E-state index contributed by atoms with van der Waals surface area (Å²) >= 11 is 0.990. The number of carboxylic acids is 1. The molecule has 10 N–H and O–H groups in total. The van der Waals surface area contributed by atoms with E-state index < -0.39 is 96.6 Å². The summed E-state index contributed by atoms with van der Waals surface area (Å²) in [5.41, 5.74) is 5.51. The molecular formula is C26H35N5O12S. The predicted molar refractivity (Wildman–Crippen MR) is 151 cm³/mol. The lowest BCUT2D eigenvalue weighted by Gasteiger charge is -2.29. The molecular weight excluding hydrogens is 606 g/mol. The number of cyclic esters (lactones) is 1. The van der Waals surface area contributed by atoms with Gasteiger partial charge in [-0.1, -0.05) is 0 Å². The highest BCUT2D eigenvalue weighted by Crippen LogP contribution is 2.35. The number of thioether (sulfide) groups is 1. The molecule has 0 radical (unpaired) electrons. The second-order valence-corrected chi connectivity index (χ2v) is 11.3. The number of amides is 4. The summed E-state index contributed by atoms with van der Waals surface area (Å²) in [5.74, 6) is -7.27. The zero-order valence-corrected chi connectivity index (χ0v) is 24.6. The third-order valence-corrected chi connectivity index (χ3v) is 8.25. The molecule has 1 fully saturated rings. The minimum Gasteiger partial charge on any atom is -0.508 e. The topological polar surface area (TPSA) is 278 Å². The van der Waals surface area contributed by atoms with Crippen molar-refractivity contribution in [3.8, 4) is 11.5 Å². The molecule has 6 atom stereocenters. The van der Waals surface area contributed by atoms with E-state index in [-0.39, 0.29) is 41.2 Å². The maximum Gasteiger partial charge on any atom is 0.339 e. The molecule has 3 rings (SSSR count). The minimum atomic E-state index is -1.70. The Kier molecular flexibility index (Phi) is 11.4. The van der Waals surface area contributed by atoms with Gasteiger partial charge in [0.25, 0.3) is 0 Å². The van der Waals surface area contributed by atoms with Gasteiger partial charge in [-0.15, -0.1) is 0 Å². The van der Waals surface area contributed by atoms with Crippen LogP contribution in [0.3, 0.4) is 0 Å². The highest BCUT2D eigenvalue weighted by molar-refractivity contribution is 7.98. The van der Waals surface area contributed by atoms with Gasteiger partial charge in [-0.3, -0.25) is 24.0 Å². The van der Waals surface area contributed by atoms with Crippen LogP contribution in [-0.2, 0) is 34.5 Å². The first-order valence-corrected chi connectivity index (χ1v) is 14.6. The van der Waals surface area contributed by atoms with Crippen molar-refractivity contribution in [2.45, 2.75) is 62.3 Å². The van der Waals surface area contributed by atoms with Gasteiger partial charge in [-0.2, -0.15) is 11.8 Å². The molecule has 1 aromatic rings. The highest BCUT2D eigenvalue weighted by Gasteiger charge is 2.43. The first-order chi connectivity index (χ1) is 20.7. The maximum atomic E-state index is 13.4. The molecule has 2 aliphatic rings. The number of nitrogens with zero attached hydrogens (tertiary/aromatic N) is 1. The molecule has 17 nitrogen and oxygen atoms in total. The number of rotatable bonds is 7. The van der Waals surface area contributed by atoms with Crippen LogP contribution in [0.5, 0.6) is 11.5 Å². The molecule has 0 bridgehead atoms. The van der Waals surface area contributed by atoms with Crippen molar-refractivity contribution >= 4 is 47.3 Å². The molecule has 2 aliphatic heterocycles. The van der Waals surface area contributed by atoms with Crippen LogP contribution in [0.15, 0.2) is 6.07 Å². The van der Waals surface area contributed by atoms with Gasteiger partial charge < -0.3 is 56.9 Å². The molecule has 0 saturated carbocycles. The number of carboxylic acid groups (broad SMARTS) is 1. The van der Waals surface area contributed by atoms with Gasteiger partial charge in [0.15, 0.2) is 0 Å². The Morgan fingerprint density at radius 1 is 1.20 bits per heavy atom. The van der Waals surface area contributed by atoms with E-state index in [2.05, 4.69) is 16.0 Å². The first kappa shape index (κ1) is 34.4. The second-order valence-electron chi connectivity index (χ2n) is 10.3. The number of esters is 1. The van der Waals surface area contributed by atoms with Crippen LogP contribution < -0.4 is 21.7 Å². The van der Waals surface area contributed by atoms with Crippen molar-refractivity contribution in [2.24, 2.45) is 5.73 Å². The Bertz CT molecular complexity index is 1330. The average molecular weight is 642 g/mol. The number of likely N-dealkylation sites (tertiary alicyclic amines) is 1. The number of phenols is 2. The molecule has 18 heteroatoms. The van der Waals surface area contributed by atoms with Crippen LogP contribution in [0, 0.1) is 6.92 Å². The van der Waals surface area contributed by atoms with E-state index in [1.165, 1.54) is 13.8 Å². The third kappa shape index (κ3) is 7.68. The standard InChI is InChI=1S/C26H35N5O12S/c1-10-17(34)5-18(35)12-8-44-9-15(22(37)28-11(2)25(40)41)30-21(36)14(7-43-26(42)19(10)12)29-23(38)20-16(33)3-4-31(20)24(39)13(27)6-32/h5,11,13-16,20,32-35H,3-4,6-9,27H2,1-2H3,(H,28,37)(H,29,38)(H,30,36)(H,40,41)/t11-,13-,14-,15+,16-,20-/m0/s1. The number of phenolic OH excluding ortho intramolecular Hbond substituents is 2. The summed E-state index contributed by atoms with van der Waals surface area (Å²) in [6.45, 7) is 0.965. The molecule has 1 saturated heterocycles. The molecule has 0 spiro atoms. The molecule has 0 aliphatic carbocycles. The summed E-state index contributed by atoms with van der Waals surface area (Å²) in [5, 5.41) is 56.6. The van der Waals surface area contributed by atoms with Gasteiger partial charge in [-0.05, 0) is 20.3 Å². The number of ether oxygens (including phenoxy) is 1. The lowest BCUT2D eigenvalue weighted by Crippen LogP contribution is -2.61. The number of benzene rings is 1. The van der Waals surface area contributed by atoms with Gasteiger partial charge >= 0.3 is 11.9 Å². The Labute approximate surface area is 255 Å². The second kappa shape index (κ2) is 14.6. The van der Waals surface area contributed by atoms with Gasteiger partial charge in [0.1, 0.15) is 48.3 Å². The quantitative estimate of drug-likeness (QED) is 0.132. The fourth-order valence-electron chi connectivity index (χ4n) is 4.64. The van der Waals surface area contributed by atoms with Crippen LogP contribution in [-0.4, -0.2) is 128 Å². The summed E-state index contributed by atoms with van der Waals surface area (Å²) in [6.07, 6.45) is -1.38. The van der Waals surface area contributed by atoms with Crippen molar-refractivity contribution < 1.29 is 59.0 Å². The number of carbonyl (C=O) groups excluding carboxylic acids is 5. The minimum absolute atomic E-state index is 0.0158. The van der Waals surface area contributed by atoms with E-state index in [1.807, 2.05) is 0 Å². The number of aliphatic carboxylic acids is 1. The zero-order valence-electron chi connectivity index (χ0n) is 23.8. The van der Waals surface area contributed by atoms with Crippen molar-refractivity contribution in [2.75, 3.05) is 25.5 Å². The van der Waals surface area contributed by atoms with Gasteiger partial charge in [0.2, 0.25) is 23.6 Å². The Morgan fingerprint density at radius 2 is 1.89 bits per heavy atom. The number of aromatic hydroxyl groups is 2. The van der Waals surface area contributed by atoms with Crippen molar-refractivity contribution in [1.82, 2.24) is 20.9 Å². The summed E-state index contributed by atoms with van der Waals surface area (Å²) in [4.78, 5) is 77.7. The molecule has 0 unspecified atom stereocenters. The van der Waals surface area contributed by atoms with E-state index >= 15 is 0 Å². The number of hydrogen-bond acceptors (Lipinski definition) is 13. The number of hydrogen-bond donors (Lipinski definition) is 9. The van der Waals surface area contributed by atoms with Crippen molar-refractivity contribution in [3.05, 3.63) is 22.8 Å². The van der Waals surface area contributed by atoms with E-state index in [9.17, 15) is 54.3 Å². The van der Waals surface area contributed by atoms with Crippen molar-refractivity contribution in [3.63, 3.8) is 0 Å².